The molecule has 3 N–H and O–H groups in total. The minimum atomic E-state index is -1.03. The molecule has 0 radical (unpaired) electrons. The Labute approximate surface area is 123 Å². The highest BCUT2D eigenvalue weighted by Crippen LogP contribution is 2.33. The minimum Gasteiger partial charge on any atom is -0.364 e. The third kappa shape index (κ3) is 2.13. The van der Waals surface area contributed by atoms with E-state index < -0.39 is 23.4 Å². The predicted molar refractivity (Wildman–Crippen MR) is 76.9 cm³/mol. The SMILES string of the molecule is Cc1c(C(N)=O)[nH]c2c(-c3ccc(F)c(F)c3)cc(F)cc12. The van der Waals surface area contributed by atoms with Gasteiger partial charge in [0.15, 0.2) is 11.6 Å². The van der Waals surface area contributed by atoms with Gasteiger partial charge in [0.1, 0.15) is 11.5 Å². The van der Waals surface area contributed by atoms with E-state index in [4.69, 9.17) is 5.73 Å². The van der Waals surface area contributed by atoms with Crippen LogP contribution in [0.25, 0.3) is 22.0 Å². The number of rotatable bonds is 2. The van der Waals surface area contributed by atoms with Crippen LogP contribution in [0.2, 0.25) is 0 Å². The molecule has 0 aliphatic heterocycles. The fraction of sp³-hybridized carbons (Fsp3) is 0.0625. The number of aryl methyl sites for hydroxylation is 1. The lowest BCUT2D eigenvalue weighted by molar-refractivity contribution is 0.0996. The van der Waals surface area contributed by atoms with Crippen molar-refractivity contribution in [3.8, 4) is 11.1 Å². The van der Waals surface area contributed by atoms with Crippen LogP contribution in [0.3, 0.4) is 0 Å². The van der Waals surface area contributed by atoms with Crippen LogP contribution >= 0.6 is 0 Å². The van der Waals surface area contributed by atoms with Crippen LogP contribution in [-0.4, -0.2) is 10.9 Å². The molecule has 0 spiro atoms. The van der Waals surface area contributed by atoms with Crippen molar-refractivity contribution in [1.29, 1.82) is 0 Å². The van der Waals surface area contributed by atoms with Crippen LogP contribution in [0.4, 0.5) is 13.2 Å². The summed E-state index contributed by atoms with van der Waals surface area (Å²) < 4.78 is 40.3. The Morgan fingerprint density at radius 3 is 2.45 bits per heavy atom. The van der Waals surface area contributed by atoms with Crippen molar-refractivity contribution < 1.29 is 18.0 Å². The molecular formula is C16H11F3N2O. The number of carbonyl (C=O) groups is 1. The first-order valence-electron chi connectivity index (χ1n) is 6.45. The normalized spacial score (nSPS) is 11.1. The Balaban J connectivity index is 2.35. The number of hydrogen-bond donors (Lipinski definition) is 2. The van der Waals surface area contributed by atoms with Crippen LogP contribution in [0.15, 0.2) is 30.3 Å². The molecule has 22 heavy (non-hydrogen) atoms. The van der Waals surface area contributed by atoms with E-state index >= 15 is 0 Å². The molecule has 1 aromatic heterocycles. The zero-order valence-corrected chi connectivity index (χ0v) is 11.5. The van der Waals surface area contributed by atoms with E-state index in [1.165, 1.54) is 18.2 Å². The monoisotopic (exact) mass is 304 g/mol. The molecule has 0 unspecified atom stereocenters. The van der Waals surface area contributed by atoms with Crippen molar-refractivity contribution in [3.63, 3.8) is 0 Å². The second-order valence-corrected chi connectivity index (χ2v) is 4.99. The summed E-state index contributed by atoms with van der Waals surface area (Å²) in [5.74, 6) is -3.25. The number of benzene rings is 2. The van der Waals surface area contributed by atoms with Crippen LogP contribution in [0.1, 0.15) is 16.1 Å². The second kappa shape index (κ2) is 4.91. The van der Waals surface area contributed by atoms with Gasteiger partial charge in [-0.25, -0.2) is 13.2 Å². The zero-order chi connectivity index (χ0) is 16.0. The van der Waals surface area contributed by atoms with Gasteiger partial charge < -0.3 is 10.7 Å². The van der Waals surface area contributed by atoms with Crippen molar-refractivity contribution in [2.45, 2.75) is 6.92 Å². The predicted octanol–water partition coefficient (Wildman–Crippen LogP) is 3.66. The van der Waals surface area contributed by atoms with E-state index in [-0.39, 0.29) is 5.69 Å². The number of fused-ring (bicyclic) bond motifs is 1. The van der Waals surface area contributed by atoms with Crippen molar-refractivity contribution >= 4 is 16.8 Å². The molecule has 0 aliphatic carbocycles. The van der Waals surface area contributed by atoms with Gasteiger partial charge in [-0.3, -0.25) is 4.79 Å². The molecule has 0 saturated heterocycles. The minimum absolute atomic E-state index is 0.157. The highest BCUT2D eigenvalue weighted by atomic mass is 19.2. The second-order valence-electron chi connectivity index (χ2n) is 4.99. The average Bonchev–Trinajstić information content (AvgIpc) is 2.79. The summed E-state index contributed by atoms with van der Waals surface area (Å²) in [6.45, 7) is 1.63. The van der Waals surface area contributed by atoms with Crippen molar-refractivity contribution in [1.82, 2.24) is 4.98 Å². The Morgan fingerprint density at radius 2 is 1.82 bits per heavy atom. The van der Waals surface area contributed by atoms with Gasteiger partial charge in [0, 0.05) is 10.9 Å². The summed E-state index contributed by atoms with van der Waals surface area (Å²) in [4.78, 5) is 14.2. The average molecular weight is 304 g/mol. The molecule has 1 heterocycles. The molecule has 6 heteroatoms. The zero-order valence-electron chi connectivity index (χ0n) is 11.5. The number of halogens is 3. The van der Waals surface area contributed by atoms with Gasteiger partial charge >= 0.3 is 0 Å². The molecule has 0 fully saturated rings. The molecule has 3 rings (SSSR count). The third-order valence-electron chi connectivity index (χ3n) is 3.61. The maximum Gasteiger partial charge on any atom is 0.265 e. The molecule has 0 atom stereocenters. The maximum atomic E-state index is 13.9. The van der Waals surface area contributed by atoms with Gasteiger partial charge in [-0.15, -0.1) is 0 Å². The van der Waals surface area contributed by atoms with E-state index in [9.17, 15) is 18.0 Å². The van der Waals surface area contributed by atoms with Crippen LogP contribution in [-0.2, 0) is 0 Å². The van der Waals surface area contributed by atoms with Gasteiger partial charge in [0.2, 0.25) is 0 Å². The van der Waals surface area contributed by atoms with E-state index in [0.29, 0.717) is 27.6 Å². The molecule has 0 aliphatic rings. The van der Waals surface area contributed by atoms with Gasteiger partial charge in [0.25, 0.3) is 5.91 Å². The quantitative estimate of drug-likeness (QED) is 0.746. The van der Waals surface area contributed by atoms with Crippen LogP contribution < -0.4 is 5.73 Å². The number of nitrogens with two attached hydrogens (primary N) is 1. The largest absolute Gasteiger partial charge is 0.364 e. The standard InChI is InChI=1S/C16H11F3N2O/c1-7-10-5-9(17)6-11(15(10)21-14(7)16(20)22)8-2-3-12(18)13(19)4-8/h2-6,21H,1H3,(H2,20,22). The number of aromatic amines is 1. The third-order valence-corrected chi connectivity index (χ3v) is 3.61. The van der Waals surface area contributed by atoms with Crippen molar-refractivity contribution in [2.24, 2.45) is 5.73 Å². The summed E-state index contributed by atoms with van der Waals surface area (Å²) in [5.41, 5.74) is 7.00. The summed E-state index contributed by atoms with van der Waals surface area (Å²) >= 11 is 0. The Kier molecular flexibility index (Phi) is 3.16. The lowest BCUT2D eigenvalue weighted by Crippen LogP contribution is -2.12. The van der Waals surface area contributed by atoms with Crippen molar-refractivity contribution in [3.05, 3.63) is 59.0 Å². The Hall–Kier alpha value is -2.76. The summed E-state index contributed by atoms with van der Waals surface area (Å²) in [6, 6.07) is 5.73. The van der Waals surface area contributed by atoms with Crippen LogP contribution in [0.5, 0.6) is 0 Å². The highest BCUT2D eigenvalue weighted by Gasteiger charge is 2.17. The number of primary amides is 1. The Morgan fingerprint density at radius 1 is 1.09 bits per heavy atom. The fourth-order valence-corrected chi connectivity index (χ4v) is 2.53. The molecule has 3 aromatic rings. The number of amides is 1. The maximum absolute atomic E-state index is 13.9. The molecule has 0 saturated carbocycles. The van der Waals surface area contributed by atoms with Gasteiger partial charge in [-0.1, -0.05) is 6.07 Å². The number of carbonyl (C=O) groups excluding carboxylic acids is 1. The smallest absolute Gasteiger partial charge is 0.265 e. The van der Waals surface area contributed by atoms with E-state index in [1.54, 1.807) is 6.92 Å². The molecule has 2 aromatic carbocycles. The molecule has 3 nitrogen and oxygen atoms in total. The molecule has 1 amide bonds. The molecular weight excluding hydrogens is 293 g/mol. The van der Waals surface area contributed by atoms with Gasteiger partial charge in [-0.2, -0.15) is 0 Å². The Bertz CT molecular complexity index is 915. The van der Waals surface area contributed by atoms with E-state index in [0.717, 1.165) is 12.1 Å². The van der Waals surface area contributed by atoms with Crippen LogP contribution in [0, 0.1) is 24.4 Å². The number of nitrogens with one attached hydrogen (secondary N) is 1. The van der Waals surface area contributed by atoms with Gasteiger partial charge in [0.05, 0.1) is 5.52 Å². The summed E-state index contributed by atoms with van der Waals surface area (Å²) in [7, 11) is 0. The highest BCUT2D eigenvalue weighted by molar-refractivity contribution is 6.04. The van der Waals surface area contributed by atoms with E-state index in [1.807, 2.05) is 0 Å². The number of H-pyrrole nitrogens is 1. The first-order chi connectivity index (χ1) is 10.4. The van der Waals surface area contributed by atoms with E-state index in [2.05, 4.69) is 4.98 Å². The lowest BCUT2D eigenvalue weighted by Gasteiger charge is -2.05. The fourth-order valence-electron chi connectivity index (χ4n) is 2.53. The first kappa shape index (κ1) is 14.2. The molecule has 112 valence electrons. The summed E-state index contributed by atoms with van der Waals surface area (Å²) in [6.07, 6.45) is 0. The lowest BCUT2D eigenvalue weighted by atomic mass is 10.0. The molecule has 0 bridgehead atoms. The summed E-state index contributed by atoms with van der Waals surface area (Å²) in [5, 5.41) is 0.466. The topological polar surface area (TPSA) is 58.9 Å². The van der Waals surface area contributed by atoms with Crippen molar-refractivity contribution in [2.75, 3.05) is 0 Å². The number of hydrogen-bond acceptors (Lipinski definition) is 1. The first-order valence-corrected chi connectivity index (χ1v) is 6.45. The number of aromatic nitrogens is 1. The van der Waals surface area contributed by atoms with Gasteiger partial charge in [-0.05, 0) is 42.3 Å².